The second-order valence-electron chi connectivity index (χ2n) is 6.69. The molecule has 0 spiro atoms. The van der Waals surface area contributed by atoms with E-state index in [0.717, 1.165) is 11.1 Å². The van der Waals surface area contributed by atoms with Crippen molar-refractivity contribution in [2.24, 2.45) is 0 Å². The van der Waals surface area contributed by atoms with Crippen LogP contribution in [0.4, 0.5) is 5.69 Å². The number of hydrogen-bond acceptors (Lipinski definition) is 4. The minimum absolute atomic E-state index is 0.0466. The third-order valence-corrected chi connectivity index (χ3v) is 5.35. The lowest BCUT2D eigenvalue weighted by Crippen LogP contribution is -1.98. The van der Waals surface area contributed by atoms with Gasteiger partial charge in [0.1, 0.15) is 11.5 Å². The van der Waals surface area contributed by atoms with E-state index in [-0.39, 0.29) is 12.2 Å². The quantitative estimate of drug-likeness (QED) is 0.373. The molecule has 2 N–H and O–H groups in total. The Labute approximate surface area is 182 Å². The maximum Gasteiger partial charge on any atom is 0.229 e. The molecule has 4 nitrogen and oxygen atoms in total. The molecule has 0 aliphatic rings. The molecule has 4 aromatic rings. The Balaban J connectivity index is 2.02. The van der Waals surface area contributed by atoms with E-state index in [1.807, 2.05) is 18.2 Å². The number of rotatable bonds is 4. The van der Waals surface area contributed by atoms with E-state index in [9.17, 15) is 4.79 Å². The number of ketones is 1. The van der Waals surface area contributed by atoms with Crippen LogP contribution in [0, 0.1) is 0 Å². The van der Waals surface area contributed by atoms with Gasteiger partial charge in [0, 0.05) is 21.2 Å². The van der Waals surface area contributed by atoms with Crippen molar-refractivity contribution in [3.8, 4) is 22.4 Å². The first-order valence-corrected chi connectivity index (χ1v) is 9.89. The van der Waals surface area contributed by atoms with E-state index in [1.165, 1.54) is 6.92 Å². The first-order valence-electron chi connectivity index (χ1n) is 8.76. The fraction of sp³-hybridized carbons (Fsp3) is 0.0909. The fourth-order valence-electron chi connectivity index (χ4n) is 3.18. The smallest absolute Gasteiger partial charge is 0.229 e. The highest BCUT2D eigenvalue weighted by molar-refractivity contribution is 6.36. The van der Waals surface area contributed by atoms with Crippen molar-refractivity contribution >= 4 is 57.4 Å². The second kappa shape index (κ2) is 7.71. The van der Waals surface area contributed by atoms with E-state index in [1.54, 1.807) is 30.3 Å². The highest BCUT2D eigenvalue weighted by atomic mass is 35.5. The Kier molecular flexibility index (Phi) is 5.26. The molecule has 4 rings (SSSR count). The highest BCUT2D eigenvalue weighted by Gasteiger charge is 2.20. The van der Waals surface area contributed by atoms with E-state index >= 15 is 0 Å². The topological polar surface area (TPSA) is 69.1 Å². The van der Waals surface area contributed by atoms with Gasteiger partial charge in [-0.25, -0.2) is 4.98 Å². The lowest BCUT2D eigenvalue weighted by Gasteiger charge is -2.11. The van der Waals surface area contributed by atoms with Crippen LogP contribution in [0.2, 0.25) is 15.1 Å². The van der Waals surface area contributed by atoms with Crippen molar-refractivity contribution in [2.75, 3.05) is 5.73 Å². The maximum atomic E-state index is 11.5. The Hall–Kier alpha value is -2.53. The molecule has 0 aliphatic heterocycles. The molecular weight excluding hydrogens is 431 g/mol. The molecule has 0 atom stereocenters. The third-order valence-electron chi connectivity index (χ3n) is 4.55. The second-order valence-corrected chi connectivity index (χ2v) is 7.97. The van der Waals surface area contributed by atoms with Crippen LogP contribution in [0.25, 0.3) is 33.5 Å². The number of carbonyl (C=O) groups is 1. The highest BCUT2D eigenvalue weighted by Crippen LogP contribution is 2.40. The van der Waals surface area contributed by atoms with Crippen LogP contribution in [0.1, 0.15) is 12.7 Å². The number of halogens is 3. The van der Waals surface area contributed by atoms with E-state index in [2.05, 4.69) is 0 Å². The van der Waals surface area contributed by atoms with Gasteiger partial charge in [0.15, 0.2) is 0 Å². The zero-order valence-electron chi connectivity index (χ0n) is 15.3. The van der Waals surface area contributed by atoms with E-state index in [0.29, 0.717) is 48.9 Å². The van der Waals surface area contributed by atoms with Crippen LogP contribution in [0.5, 0.6) is 0 Å². The standard InChI is InChI=1S/C22H15Cl3N2O2/c1-11(28)8-19-20(26)17-10-16(12-2-4-13(23)5-3-12)21(27-22(17)29-19)15-7-6-14(24)9-18(15)25/h2-7,9-10H,8,26H2,1H3. The van der Waals surface area contributed by atoms with Gasteiger partial charge in [-0.05, 0) is 48.9 Å². The monoisotopic (exact) mass is 444 g/mol. The van der Waals surface area contributed by atoms with E-state index < -0.39 is 0 Å². The molecule has 0 radical (unpaired) electrons. The number of hydrogen-bond donors (Lipinski definition) is 1. The predicted molar refractivity (Wildman–Crippen MR) is 119 cm³/mol. The predicted octanol–water partition coefficient (Wildman–Crippen LogP) is 6.84. The Morgan fingerprint density at radius 3 is 2.34 bits per heavy atom. The molecule has 0 aliphatic carbocycles. The number of aromatic nitrogens is 1. The SMILES string of the molecule is CC(=O)Cc1oc2nc(-c3ccc(Cl)cc3Cl)c(-c3ccc(Cl)cc3)cc2c1N. The number of nitrogens with zero attached hydrogens (tertiary/aromatic N) is 1. The maximum absolute atomic E-state index is 11.5. The molecule has 0 fully saturated rings. The van der Waals surface area contributed by atoms with Crippen LogP contribution in [-0.2, 0) is 11.2 Å². The number of nitrogen functional groups attached to an aromatic ring is 1. The molecule has 146 valence electrons. The summed E-state index contributed by atoms with van der Waals surface area (Å²) in [4.78, 5) is 16.3. The van der Waals surface area contributed by atoms with Crippen molar-refractivity contribution < 1.29 is 9.21 Å². The number of anilines is 1. The molecule has 29 heavy (non-hydrogen) atoms. The van der Waals surface area contributed by atoms with Gasteiger partial charge in [-0.15, -0.1) is 0 Å². The summed E-state index contributed by atoms with van der Waals surface area (Å²) in [7, 11) is 0. The number of Topliss-reactive ketones (excluding diaryl/α,β-unsaturated/α-hetero) is 1. The Morgan fingerprint density at radius 1 is 1.00 bits per heavy atom. The molecule has 2 aromatic heterocycles. The lowest BCUT2D eigenvalue weighted by molar-refractivity contribution is -0.116. The largest absolute Gasteiger partial charge is 0.440 e. The van der Waals surface area contributed by atoms with Gasteiger partial charge < -0.3 is 10.2 Å². The molecule has 0 bridgehead atoms. The summed E-state index contributed by atoms with van der Waals surface area (Å²) in [5.41, 5.74) is 10.0. The molecule has 0 saturated carbocycles. The van der Waals surface area contributed by atoms with Crippen LogP contribution in [-0.4, -0.2) is 10.8 Å². The third kappa shape index (κ3) is 3.84. The van der Waals surface area contributed by atoms with Crippen molar-refractivity contribution in [1.82, 2.24) is 4.98 Å². The summed E-state index contributed by atoms with van der Waals surface area (Å²) < 4.78 is 5.80. The minimum Gasteiger partial charge on any atom is -0.440 e. The first-order chi connectivity index (χ1) is 13.8. The summed E-state index contributed by atoms with van der Waals surface area (Å²) in [6.07, 6.45) is 0.107. The van der Waals surface area contributed by atoms with Crippen molar-refractivity contribution in [3.63, 3.8) is 0 Å². The molecule has 7 heteroatoms. The van der Waals surface area contributed by atoms with Crippen LogP contribution >= 0.6 is 34.8 Å². The number of carbonyl (C=O) groups excluding carboxylic acids is 1. The molecule has 0 saturated heterocycles. The summed E-state index contributed by atoms with van der Waals surface area (Å²) in [5.74, 6) is 0.357. The van der Waals surface area contributed by atoms with Gasteiger partial charge in [-0.2, -0.15) is 0 Å². The van der Waals surface area contributed by atoms with Gasteiger partial charge in [0.25, 0.3) is 0 Å². The number of pyridine rings is 1. The number of benzene rings is 2. The summed E-state index contributed by atoms with van der Waals surface area (Å²) in [6.45, 7) is 1.48. The number of furan rings is 1. The summed E-state index contributed by atoms with van der Waals surface area (Å²) in [6, 6.07) is 14.5. The summed E-state index contributed by atoms with van der Waals surface area (Å²) >= 11 is 18.6. The molecule has 2 heterocycles. The zero-order chi connectivity index (χ0) is 20.7. The van der Waals surface area contributed by atoms with Crippen LogP contribution < -0.4 is 5.73 Å². The van der Waals surface area contributed by atoms with Crippen molar-refractivity contribution in [1.29, 1.82) is 0 Å². The van der Waals surface area contributed by atoms with Gasteiger partial charge in [0.2, 0.25) is 5.71 Å². The van der Waals surface area contributed by atoms with Gasteiger partial charge in [0.05, 0.1) is 28.2 Å². The summed E-state index contributed by atoms with van der Waals surface area (Å²) in [5, 5.41) is 2.25. The molecule has 0 amide bonds. The number of nitrogens with two attached hydrogens (primary N) is 1. The Bertz CT molecular complexity index is 1250. The Morgan fingerprint density at radius 2 is 1.69 bits per heavy atom. The average Bonchev–Trinajstić information content (AvgIpc) is 2.96. The lowest BCUT2D eigenvalue weighted by atomic mass is 9.98. The molecule has 2 aromatic carbocycles. The average molecular weight is 446 g/mol. The van der Waals surface area contributed by atoms with Crippen molar-refractivity contribution in [3.05, 3.63) is 69.4 Å². The molecular formula is C22H15Cl3N2O2. The normalized spacial score (nSPS) is 11.2. The van der Waals surface area contributed by atoms with Gasteiger partial charge >= 0.3 is 0 Å². The first kappa shape index (κ1) is 19.8. The van der Waals surface area contributed by atoms with Crippen molar-refractivity contribution in [2.45, 2.75) is 13.3 Å². The van der Waals surface area contributed by atoms with Gasteiger partial charge in [-0.1, -0.05) is 46.9 Å². The van der Waals surface area contributed by atoms with E-state index in [4.69, 9.17) is 49.9 Å². The minimum atomic E-state index is -0.0466. The van der Waals surface area contributed by atoms with Crippen LogP contribution in [0.15, 0.2) is 52.9 Å². The number of fused-ring (bicyclic) bond motifs is 1. The van der Waals surface area contributed by atoms with Crippen LogP contribution in [0.3, 0.4) is 0 Å². The van der Waals surface area contributed by atoms with Gasteiger partial charge in [-0.3, -0.25) is 4.79 Å². The zero-order valence-corrected chi connectivity index (χ0v) is 17.6. The molecule has 0 unspecified atom stereocenters. The fourth-order valence-corrected chi connectivity index (χ4v) is 3.81.